The van der Waals surface area contributed by atoms with Crippen LogP contribution in [0.1, 0.15) is 198 Å². The van der Waals surface area contributed by atoms with Crippen LogP contribution >= 0.6 is 11.8 Å². The smallest absolute Gasteiger partial charge is 0.373 e. The Morgan fingerprint density at radius 2 is 1.01 bits per heavy atom. The fourth-order valence-electron chi connectivity index (χ4n) is 10.4. The molecule has 616 valence electrons. The summed E-state index contributed by atoms with van der Waals surface area (Å²) in [5.74, 6) is -13.5. The van der Waals surface area contributed by atoms with E-state index in [0.717, 1.165) is 35.9 Å². The summed E-state index contributed by atoms with van der Waals surface area (Å²) >= 11 is 1.11. The number of thioether (sulfide) groups is 1. The first-order valence-corrected chi connectivity index (χ1v) is 37.4. The van der Waals surface area contributed by atoms with Crippen molar-refractivity contribution in [2.75, 3.05) is 57.8 Å². The van der Waals surface area contributed by atoms with E-state index >= 15 is 0 Å². The number of hydrogen-bond donors (Lipinski definition) is 15. The summed E-state index contributed by atoms with van der Waals surface area (Å²) in [6.45, 7) is 4.29. The van der Waals surface area contributed by atoms with Gasteiger partial charge in [-0.2, -0.15) is 21.4 Å². The first-order valence-electron chi connectivity index (χ1n) is 36.0. The molecule has 1 unspecified atom stereocenters. The minimum atomic E-state index is -1.61. The van der Waals surface area contributed by atoms with Crippen molar-refractivity contribution in [3.05, 3.63) is 35.4 Å². The average Bonchev–Trinajstić information content (AvgIpc) is 1.63. The Labute approximate surface area is 639 Å². The lowest BCUT2D eigenvalue weighted by Gasteiger charge is -2.21. The molecule has 5 atom stereocenters. The number of likely N-dealkylation sites (tertiary alicyclic amines) is 1. The predicted octanol–water partition coefficient (Wildman–Crippen LogP) is 2.51. The second kappa shape index (κ2) is 58.7. The molecule has 1 saturated heterocycles. The highest BCUT2D eigenvalue weighted by Gasteiger charge is 2.36. The van der Waals surface area contributed by atoms with Crippen LogP contribution in [-0.4, -0.2) is 250 Å². The van der Waals surface area contributed by atoms with Crippen LogP contribution in [-0.2, 0) is 99.3 Å². The molecule has 110 heavy (non-hydrogen) atoms. The van der Waals surface area contributed by atoms with Gasteiger partial charge in [0.25, 0.3) is 0 Å². The summed E-state index contributed by atoms with van der Waals surface area (Å²) in [4.78, 5) is 231. The summed E-state index contributed by atoms with van der Waals surface area (Å²) in [5, 5.41) is 94.1. The zero-order valence-corrected chi connectivity index (χ0v) is 63.1. The molecule has 39 nitrogen and oxygen atoms in total. The number of nitrogens with zero attached hydrogens (tertiary/aromatic N) is 4. The van der Waals surface area contributed by atoms with Crippen molar-refractivity contribution >= 4 is 124 Å². The third kappa shape index (κ3) is 48.9. The van der Waals surface area contributed by atoms with Crippen LogP contribution in [0.5, 0.6) is 0 Å². The topological polar surface area (TPSA) is 600 Å². The van der Waals surface area contributed by atoms with E-state index in [1.54, 1.807) is 37.4 Å². The van der Waals surface area contributed by atoms with Gasteiger partial charge >= 0.3 is 48.1 Å². The molecule has 0 saturated carbocycles. The molecule has 1 aromatic carbocycles. The number of Topliss-reactive ketones (excluding diaryl/α,β-unsaturated/α-hetero) is 3. The molecule has 1 aliphatic rings. The van der Waals surface area contributed by atoms with E-state index in [0.29, 0.717) is 110 Å². The minimum absolute atomic E-state index is 0.0147. The third-order valence-corrected chi connectivity index (χ3v) is 17.2. The standard InChI is InChI=1S/C35H59N5O11.C34H48N6O15S.CO2/c1-27-26-34(47)37(35(27)48)25-20-30(43)15-9-4-6-12-23-40(51)33(46)19-17-31(44)36-21-10-7-13-24-39(50)32(45)18-16-29(42)14-8-3-5-11-22-38(49)28(2)41;1-56-18-24(32(52)53)39-30(49)21(15-28(45)46)14-25(41)23(16-29(47)48)38-26(42)13-19-7-9-20(10-8-19)17-37-33(54)35-11-3-2-5-22(31(50)51)40-34(55)36-12-4-6-27(43)44;2-1-3/h27,49-51H,3-26H2,1-2H3,(H,36,44);7-10,21-24H,2-6,11-18H2,1H3,(H,38,42)(H,39,49)(H,43,44)(H,45,46)(H,47,48)(H,50,51)(H,52,53)(H2,35,37,54)(H2,36,40,55);/t;21-,22-,23-,24-;/m.0./s1. The SMILES string of the molecule is CC(=O)N(O)CCCCCCC(=O)CCC(=O)N(O)CCCCCNC(=O)CCC(=O)N(O)CCCCCCC(=O)CCN1C(=O)CC(C)C1=O.CSC[C@H](NC(=O)[C@H](CC(=O)O)CC(=O)[C@H](CC(=O)O)NC(=O)Cc1ccc(CNC(=O)NCCCC[C@H](NC(=O)NCCCC(=O)O)C(=O)O)cc1)C(=O)O.O=C=O. The highest BCUT2D eigenvalue weighted by atomic mass is 32.2. The maximum Gasteiger partial charge on any atom is 0.373 e. The molecule has 0 bridgehead atoms. The Morgan fingerprint density at radius 3 is 1.54 bits per heavy atom. The van der Waals surface area contributed by atoms with Crippen LogP contribution in [0.4, 0.5) is 9.59 Å². The van der Waals surface area contributed by atoms with Crippen molar-refractivity contribution in [3.8, 4) is 0 Å². The zero-order chi connectivity index (χ0) is 83.1. The van der Waals surface area contributed by atoms with Crippen molar-refractivity contribution < 1.29 is 137 Å². The van der Waals surface area contributed by atoms with Crippen molar-refractivity contribution in [2.45, 2.75) is 218 Å². The summed E-state index contributed by atoms with van der Waals surface area (Å²) in [6.07, 6.45) is 7.84. The number of nitrogens with one attached hydrogen (secondary N) is 7. The van der Waals surface area contributed by atoms with Crippen molar-refractivity contribution in [1.82, 2.24) is 57.3 Å². The van der Waals surface area contributed by atoms with Gasteiger partial charge in [0, 0.05) is 135 Å². The van der Waals surface area contributed by atoms with E-state index < -0.39 is 121 Å². The van der Waals surface area contributed by atoms with E-state index in [1.807, 2.05) is 0 Å². The number of hydrogen-bond acceptors (Lipinski definition) is 24. The van der Waals surface area contributed by atoms with Crippen molar-refractivity contribution in [1.29, 1.82) is 0 Å². The fraction of sp³-hybridized carbons (Fsp3) is 0.643. The molecule has 0 aromatic heterocycles. The zero-order valence-electron chi connectivity index (χ0n) is 62.3. The number of amides is 12. The van der Waals surface area contributed by atoms with Gasteiger partial charge in [0.05, 0.1) is 31.2 Å². The molecule has 1 aliphatic heterocycles. The maximum atomic E-state index is 13.1. The lowest BCUT2D eigenvalue weighted by Crippen LogP contribution is -2.48. The van der Waals surface area contributed by atoms with Crippen LogP contribution in [0, 0.1) is 11.8 Å². The van der Waals surface area contributed by atoms with Crippen molar-refractivity contribution in [3.63, 3.8) is 0 Å². The van der Waals surface area contributed by atoms with Gasteiger partial charge in [-0.3, -0.25) is 87.6 Å². The summed E-state index contributed by atoms with van der Waals surface area (Å²) in [6, 6.07) is 0.942. The largest absolute Gasteiger partial charge is 0.481 e. The van der Waals surface area contributed by atoms with E-state index in [4.69, 9.17) is 14.7 Å². The molecule has 40 heteroatoms. The third-order valence-electron chi connectivity index (χ3n) is 16.5. The van der Waals surface area contributed by atoms with Gasteiger partial charge in [0.2, 0.25) is 47.3 Å². The fourth-order valence-corrected chi connectivity index (χ4v) is 11.0. The van der Waals surface area contributed by atoms with Gasteiger partial charge in [-0.25, -0.2) is 34.4 Å². The Hall–Kier alpha value is -10.3. The number of unbranched alkanes of at least 4 members (excludes halogenated alkanes) is 9. The van der Waals surface area contributed by atoms with Gasteiger partial charge in [0.15, 0.2) is 5.78 Å². The summed E-state index contributed by atoms with van der Waals surface area (Å²) < 4.78 is 0. The van der Waals surface area contributed by atoms with Gasteiger partial charge in [-0.15, -0.1) is 0 Å². The Morgan fingerprint density at radius 1 is 0.509 bits per heavy atom. The van der Waals surface area contributed by atoms with Crippen LogP contribution in [0.25, 0.3) is 0 Å². The van der Waals surface area contributed by atoms with Crippen LogP contribution in [0.3, 0.4) is 0 Å². The number of carbonyl (C=O) groups excluding carboxylic acids is 15. The molecule has 1 aromatic rings. The Balaban J connectivity index is 0.00000209. The van der Waals surface area contributed by atoms with Crippen LogP contribution in [0.15, 0.2) is 24.3 Å². The highest BCUT2D eigenvalue weighted by Crippen LogP contribution is 2.20. The lowest BCUT2D eigenvalue weighted by atomic mass is 9.93. The number of imide groups is 1. The number of carbonyl (C=O) groups is 18. The van der Waals surface area contributed by atoms with Crippen LogP contribution in [0.2, 0.25) is 0 Å². The normalized spacial score (nSPS) is 13.1. The highest BCUT2D eigenvalue weighted by molar-refractivity contribution is 7.98. The lowest BCUT2D eigenvalue weighted by molar-refractivity contribution is -0.192. The van der Waals surface area contributed by atoms with Crippen molar-refractivity contribution in [2.24, 2.45) is 11.8 Å². The molecule has 0 aliphatic carbocycles. The number of hydroxylamine groups is 6. The number of benzene rings is 1. The average molecular weight is 1580 g/mol. The van der Waals surface area contributed by atoms with Gasteiger partial charge in [0.1, 0.15) is 23.7 Å². The number of ketones is 3. The molecule has 15 N–H and O–H groups in total. The minimum Gasteiger partial charge on any atom is -0.481 e. The first-order chi connectivity index (χ1) is 52.0. The number of urea groups is 2. The molecule has 0 spiro atoms. The molecule has 1 fully saturated rings. The summed E-state index contributed by atoms with van der Waals surface area (Å²) in [7, 11) is 0. The van der Waals surface area contributed by atoms with E-state index in [1.165, 1.54) is 6.92 Å². The van der Waals surface area contributed by atoms with E-state index in [2.05, 4.69) is 37.2 Å². The number of aliphatic carboxylic acids is 5. The molecule has 1 heterocycles. The molecule has 0 radical (unpaired) electrons. The quantitative estimate of drug-likeness (QED) is 0.0193. The summed E-state index contributed by atoms with van der Waals surface area (Å²) in [5.41, 5.74) is 1.10. The number of carboxylic acids is 5. The molecular formula is C70H107N11O28S. The predicted molar refractivity (Wildman–Crippen MR) is 384 cm³/mol. The maximum absolute atomic E-state index is 13.1. The Kier molecular flexibility index (Phi) is 53.2. The number of carboxylic acid groups (broad SMARTS) is 5. The second-order valence-electron chi connectivity index (χ2n) is 25.7. The Bertz CT molecular complexity index is 3230. The van der Waals surface area contributed by atoms with Gasteiger partial charge in [-0.05, 0) is 88.0 Å². The first kappa shape index (κ1) is 99.7. The molecule has 2 rings (SSSR count). The second-order valence-corrected chi connectivity index (χ2v) is 26.6. The van der Waals surface area contributed by atoms with Gasteiger partial charge < -0.3 is 62.8 Å². The molecular weight excluding hydrogens is 1470 g/mol. The van der Waals surface area contributed by atoms with Gasteiger partial charge in [-0.1, -0.05) is 56.9 Å². The monoisotopic (exact) mass is 1580 g/mol. The van der Waals surface area contributed by atoms with E-state index in [-0.39, 0.29) is 157 Å². The molecule has 12 amide bonds. The van der Waals surface area contributed by atoms with E-state index in [9.17, 15) is 122 Å². The number of rotatable bonds is 57. The van der Waals surface area contributed by atoms with Crippen LogP contribution < -0.4 is 37.2 Å².